The second-order valence-electron chi connectivity index (χ2n) is 22.4. The van der Waals surface area contributed by atoms with Crippen molar-refractivity contribution in [1.82, 2.24) is 0 Å². The van der Waals surface area contributed by atoms with E-state index in [-0.39, 0.29) is 37.5 Å². The van der Waals surface area contributed by atoms with Crippen LogP contribution in [0.3, 0.4) is 0 Å². The molecule has 0 rings (SSSR count). The molecule has 79 heavy (non-hydrogen) atoms. The minimum absolute atomic E-state index is 0.0986. The summed E-state index contributed by atoms with van der Waals surface area (Å²) in [7, 11) is 0. The molecule has 1 unspecified atom stereocenters. The quantitative estimate of drug-likeness (QED) is 0.0261. The normalized spacial score (nSPS) is 12.7. The average molecular weight is 1100 g/mol. The molecular formula is C73H126O6. The Kier molecular flexibility index (Phi) is 63.7. The number of esters is 3. The van der Waals surface area contributed by atoms with Crippen LogP contribution < -0.4 is 0 Å². The molecule has 0 N–H and O–H groups in total. The molecule has 0 aliphatic rings. The first-order valence-corrected chi connectivity index (χ1v) is 33.7. The van der Waals surface area contributed by atoms with Gasteiger partial charge in [-0.1, -0.05) is 311 Å². The van der Waals surface area contributed by atoms with Gasteiger partial charge in [0.1, 0.15) is 13.2 Å². The lowest BCUT2D eigenvalue weighted by atomic mass is 10.0. The summed E-state index contributed by atoms with van der Waals surface area (Å²) in [5.74, 6) is -0.959. The molecular weight excluding hydrogens is 973 g/mol. The van der Waals surface area contributed by atoms with Crippen LogP contribution in [0, 0.1) is 0 Å². The highest BCUT2D eigenvalue weighted by molar-refractivity contribution is 5.71. The van der Waals surface area contributed by atoms with Crippen LogP contribution in [-0.4, -0.2) is 37.2 Å². The van der Waals surface area contributed by atoms with Crippen LogP contribution in [0.2, 0.25) is 0 Å². The smallest absolute Gasteiger partial charge is 0.306 e. The van der Waals surface area contributed by atoms with Crippen LogP contribution in [0.1, 0.15) is 329 Å². The Morgan fingerprint density at radius 3 is 0.848 bits per heavy atom. The molecule has 0 amide bonds. The maximum atomic E-state index is 12.9. The Labute approximate surface area is 489 Å². The highest BCUT2D eigenvalue weighted by atomic mass is 16.6. The van der Waals surface area contributed by atoms with Crippen molar-refractivity contribution in [2.75, 3.05) is 13.2 Å². The lowest BCUT2D eigenvalue weighted by molar-refractivity contribution is -0.167. The average Bonchev–Trinajstić information content (AvgIpc) is 3.45. The molecule has 454 valence electrons. The number of rotatable bonds is 61. The van der Waals surface area contributed by atoms with Crippen molar-refractivity contribution in [2.45, 2.75) is 335 Å². The zero-order chi connectivity index (χ0) is 57.1. The Bertz CT molecular complexity index is 1540. The van der Waals surface area contributed by atoms with E-state index in [0.717, 1.165) is 103 Å². The third-order valence-corrected chi connectivity index (χ3v) is 14.6. The van der Waals surface area contributed by atoms with Crippen LogP contribution in [0.5, 0.6) is 0 Å². The van der Waals surface area contributed by atoms with E-state index in [4.69, 9.17) is 14.2 Å². The third-order valence-electron chi connectivity index (χ3n) is 14.6. The fourth-order valence-electron chi connectivity index (χ4n) is 9.55. The summed E-state index contributed by atoms with van der Waals surface area (Å²) in [5.41, 5.74) is 0. The predicted octanol–water partition coefficient (Wildman–Crippen LogP) is 23.2. The molecule has 6 nitrogen and oxygen atoms in total. The van der Waals surface area contributed by atoms with E-state index in [1.54, 1.807) is 0 Å². The van der Waals surface area contributed by atoms with E-state index in [0.29, 0.717) is 19.3 Å². The summed E-state index contributed by atoms with van der Waals surface area (Å²) >= 11 is 0. The molecule has 0 heterocycles. The number of allylic oxidation sites excluding steroid dienone is 16. The monoisotopic (exact) mass is 1100 g/mol. The van der Waals surface area contributed by atoms with Gasteiger partial charge in [0.2, 0.25) is 0 Å². The van der Waals surface area contributed by atoms with Gasteiger partial charge in [-0.25, -0.2) is 0 Å². The van der Waals surface area contributed by atoms with Gasteiger partial charge >= 0.3 is 17.9 Å². The maximum absolute atomic E-state index is 12.9. The molecule has 0 aromatic carbocycles. The van der Waals surface area contributed by atoms with Gasteiger partial charge in [0.25, 0.3) is 0 Å². The number of hydrogen-bond acceptors (Lipinski definition) is 6. The van der Waals surface area contributed by atoms with Crippen LogP contribution in [0.25, 0.3) is 0 Å². The molecule has 0 aliphatic heterocycles. The summed E-state index contributed by atoms with van der Waals surface area (Å²) < 4.78 is 16.9. The van der Waals surface area contributed by atoms with Crippen LogP contribution in [0.4, 0.5) is 0 Å². The van der Waals surface area contributed by atoms with Gasteiger partial charge in [-0.15, -0.1) is 0 Å². The van der Waals surface area contributed by atoms with Gasteiger partial charge in [0.15, 0.2) is 6.10 Å². The molecule has 1 atom stereocenters. The van der Waals surface area contributed by atoms with Crippen molar-refractivity contribution >= 4 is 17.9 Å². The molecule has 0 spiro atoms. The van der Waals surface area contributed by atoms with Gasteiger partial charge < -0.3 is 14.2 Å². The summed E-state index contributed by atoms with van der Waals surface area (Å²) in [6.07, 6.45) is 90.0. The number of carbonyl (C=O) groups is 3. The third kappa shape index (κ3) is 65.0. The van der Waals surface area contributed by atoms with E-state index in [9.17, 15) is 14.4 Å². The molecule has 0 aromatic rings. The Balaban J connectivity index is 4.39. The van der Waals surface area contributed by atoms with Crippen molar-refractivity contribution in [3.8, 4) is 0 Å². The Morgan fingerprint density at radius 1 is 0.266 bits per heavy atom. The predicted molar refractivity (Wildman–Crippen MR) is 344 cm³/mol. The van der Waals surface area contributed by atoms with Crippen molar-refractivity contribution in [3.05, 3.63) is 97.2 Å². The van der Waals surface area contributed by atoms with E-state index in [1.807, 2.05) is 0 Å². The van der Waals surface area contributed by atoms with Crippen molar-refractivity contribution < 1.29 is 28.6 Å². The molecule has 0 bridgehead atoms. The maximum Gasteiger partial charge on any atom is 0.306 e. The number of unbranched alkanes of at least 4 members (excludes halogenated alkanes) is 34. The molecule has 0 saturated carbocycles. The van der Waals surface area contributed by atoms with Crippen LogP contribution in [-0.2, 0) is 28.6 Å². The van der Waals surface area contributed by atoms with Crippen molar-refractivity contribution in [2.24, 2.45) is 0 Å². The van der Waals surface area contributed by atoms with Gasteiger partial charge in [-0.05, 0) is 96.3 Å². The van der Waals surface area contributed by atoms with Crippen LogP contribution in [0.15, 0.2) is 97.2 Å². The van der Waals surface area contributed by atoms with Crippen LogP contribution >= 0.6 is 0 Å². The fraction of sp³-hybridized carbons (Fsp3) is 0.740. The van der Waals surface area contributed by atoms with Gasteiger partial charge in [-0.2, -0.15) is 0 Å². The summed E-state index contributed by atoms with van der Waals surface area (Å²) in [6, 6.07) is 0. The number of carbonyl (C=O) groups excluding carboxylic acids is 3. The number of ether oxygens (including phenoxy) is 3. The topological polar surface area (TPSA) is 78.9 Å². The van der Waals surface area contributed by atoms with Gasteiger partial charge in [0, 0.05) is 19.3 Å². The van der Waals surface area contributed by atoms with Gasteiger partial charge in [0.05, 0.1) is 0 Å². The first-order chi connectivity index (χ1) is 39.0. The molecule has 0 saturated heterocycles. The van der Waals surface area contributed by atoms with Crippen molar-refractivity contribution in [3.63, 3.8) is 0 Å². The summed E-state index contributed by atoms with van der Waals surface area (Å²) in [6.45, 7) is 6.48. The van der Waals surface area contributed by atoms with E-state index >= 15 is 0 Å². The summed E-state index contributed by atoms with van der Waals surface area (Å²) in [4.78, 5) is 38.4. The fourth-order valence-corrected chi connectivity index (χ4v) is 9.55. The second kappa shape index (κ2) is 66.8. The molecule has 0 aliphatic carbocycles. The highest BCUT2D eigenvalue weighted by Gasteiger charge is 2.19. The first-order valence-electron chi connectivity index (χ1n) is 33.7. The largest absolute Gasteiger partial charge is 0.462 e. The minimum Gasteiger partial charge on any atom is -0.462 e. The van der Waals surface area contributed by atoms with Gasteiger partial charge in [-0.3, -0.25) is 14.4 Å². The zero-order valence-corrected chi connectivity index (χ0v) is 52.1. The Hall–Kier alpha value is -3.67. The highest BCUT2D eigenvalue weighted by Crippen LogP contribution is 2.17. The second-order valence-corrected chi connectivity index (χ2v) is 22.4. The van der Waals surface area contributed by atoms with E-state index in [1.165, 1.54) is 180 Å². The molecule has 6 heteroatoms. The molecule has 0 radical (unpaired) electrons. The lowest BCUT2D eigenvalue weighted by Crippen LogP contribution is -2.30. The van der Waals surface area contributed by atoms with Crippen molar-refractivity contribution in [1.29, 1.82) is 0 Å². The zero-order valence-electron chi connectivity index (χ0n) is 52.1. The minimum atomic E-state index is -0.809. The molecule has 0 fully saturated rings. The standard InChI is InChI=1S/C73H126O6/c1-4-7-10-13-16-19-22-25-28-31-33-34-35-36-37-38-40-42-45-48-51-54-57-60-63-66-72(75)78-69-70(68-77-71(74)65-62-59-56-53-50-47-44-41-30-27-24-21-18-15-12-9-6-3)79-73(76)67-64-61-58-55-52-49-46-43-39-32-29-26-23-20-17-14-11-8-5-2/h9,12,17-18,20-21,26-27,29-30,39,43-44,47,53,56,70H,4-8,10-11,13-16,19,22-25,28,31-38,40-42,45-46,48-52,54-55,57-69H2,1-3H3/b12-9-,20-17-,21-18-,29-26-,30-27-,43-39-,47-44-,56-53-. The Morgan fingerprint density at radius 2 is 0.506 bits per heavy atom. The summed E-state index contributed by atoms with van der Waals surface area (Å²) in [5, 5.41) is 0. The number of hydrogen-bond donors (Lipinski definition) is 0. The van der Waals surface area contributed by atoms with E-state index < -0.39 is 6.10 Å². The first kappa shape index (κ1) is 75.3. The SMILES string of the molecule is CC/C=C\C/C=C\C/C=C\C/C=C\C/C=C\CCCC(=O)OCC(COC(=O)CCCCCCCCCCCCCCCCCCCCCCCCCCC)OC(=O)CCCCCCCC/C=C\C/C=C\C/C=C\CCCCC. The van der Waals surface area contributed by atoms with E-state index in [2.05, 4.69) is 118 Å². The molecule has 0 aromatic heterocycles. The lowest BCUT2D eigenvalue weighted by Gasteiger charge is -2.18.